The number of fused-ring (bicyclic) bond motifs is 1. The molecule has 0 fully saturated rings. The van der Waals surface area contributed by atoms with Crippen LogP contribution in [0.25, 0.3) is 0 Å². The van der Waals surface area contributed by atoms with E-state index in [1.54, 1.807) is 25.1 Å². The Morgan fingerprint density at radius 3 is 3.00 bits per heavy atom. The highest BCUT2D eigenvalue weighted by atomic mass is 16.5. The lowest BCUT2D eigenvalue weighted by Gasteiger charge is -2.23. The van der Waals surface area contributed by atoms with E-state index in [2.05, 4.69) is 5.32 Å². The number of Topliss-reactive ketones (excluding diaryl/α,β-unsaturated/α-hetero) is 1. The average molecular weight is 248 g/mol. The molecule has 1 aromatic rings. The third-order valence-corrected chi connectivity index (χ3v) is 2.84. The van der Waals surface area contributed by atoms with Crippen LogP contribution >= 0.6 is 0 Å². The highest BCUT2D eigenvalue weighted by Crippen LogP contribution is 2.30. The summed E-state index contributed by atoms with van der Waals surface area (Å²) < 4.78 is 5.42. The van der Waals surface area contributed by atoms with E-state index in [9.17, 15) is 9.59 Å². The van der Waals surface area contributed by atoms with Crippen molar-refractivity contribution >= 4 is 17.4 Å². The van der Waals surface area contributed by atoms with Crippen LogP contribution in [0.2, 0.25) is 0 Å². The number of hydrogen-bond acceptors (Lipinski definition) is 4. The van der Waals surface area contributed by atoms with E-state index in [-0.39, 0.29) is 11.7 Å². The van der Waals surface area contributed by atoms with Crippen molar-refractivity contribution in [3.05, 3.63) is 23.8 Å². The Morgan fingerprint density at radius 2 is 2.28 bits per heavy atom. The summed E-state index contributed by atoms with van der Waals surface area (Å²) in [5.41, 5.74) is 6.49. The first-order valence-corrected chi connectivity index (χ1v) is 5.96. The van der Waals surface area contributed by atoms with Gasteiger partial charge in [0.1, 0.15) is 5.75 Å². The van der Waals surface area contributed by atoms with Gasteiger partial charge in [-0.1, -0.05) is 0 Å². The number of hydrogen-bond donors (Lipinski definition) is 2. The van der Waals surface area contributed by atoms with Crippen molar-refractivity contribution in [2.75, 3.05) is 11.9 Å². The first-order valence-electron chi connectivity index (χ1n) is 5.96. The number of carbonyl (C=O) groups excluding carboxylic acids is 2. The number of ketones is 1. The van der Waals surface area contributed by atoms with Crippen molar-refractivity contribution < 1.29 is 14.3 Å². The smallest absolute Gasteiger partial charge is 0.265 e. The Labute approximate surface area is 105 Å². The van der Waals surface area contributed by atoms with Crippen LogP contribution in [0.3, 0.4) is 0 Å². The van der Waals surface area contributed by atoms with Crippen molar-refractivity contribution in [1.29, 1.82) is 0 Å². The van der Waals surface area contributed by atoms with Gasteiger partial charge in [-0.15, -0.1) is 0 Å². The largest absolute Gasteiger partial charge is 0.479 e. The van der Waals surface area contributed by atoms with Gasteiger partial charge >= 0.3 is 0 Å². The molecule has 1 aromatic carbocycles. The minimum absolute atomic E-state index is 0.0242. The molecule has 1 unspecified atom stereocenters. The van der Waals surface area contributed by atoms with Crippen LogP contribution in [0.5, 0.6) is 5.75 Å². The third kappa shape index (κ3) is 2.51. The van der Waals surface area contributed by atoms with Crippen LogP contribution in [0.1, 0.15) is 30.1 Å². The van der Waals surface area contributed by atoms with Gasteiger partial charge in [-0.25, -0.2) is 0 Å². The van der Waals surface area contributed by atoms with Gasteiger partial charge in [0, 0.05) is 12.0 Å². The number of ether oxygens (including phenoxy) is 1. The molecule has 3 N–H and O–H groups in total. The van der Waals surface area contributed by atoms with Crippen LogP contribution in [0.4, 0.5) is 5.69 Å². The SMILES string of the molecule is CC1Oc2ccc(C(=O)CCCN)cc2NC1=O. The molecule has 1 atom stereocenters. The zero-order chi connectivity index (χ0) is 13.1. The number of nitrogens with one attached hydrogen (secondary N) is 1. The molecule has 1 heterocycles. The number of amides is 1. The number of rotatable bonds is 4. The lowest BCUT2D eigenvalue weighted by molar-refractivity contribution is -0.122. The van der Waals surface area contributed by atoms with E-state index in [0.717, 1.165) is 0 Å². The molecule has 0 aliphatic carbocycles. The summed E-state index contributed by atoms with van der Waals surface area (Å²) in [7, 11) is 0. The second kappa shape index (κ2) is 5.18. The number of nitrogens with two attached hydrogens (primary N) is 1. The fourth-order valence-electron chi connectivity index (χ4n) is 1.79. The molecule has 1 aliphatic heterocycles. The Balaban J connectivity index is 2.19. The van der Waals surface area contributed by atoms with Gasteiger partial charge in [-0.2, -0.15) is 0 Å². The number of benzene rings is 1. The monoisotopic (exact) mass is 248 g/mol. The van der Waals surface area contributed by atoms with Crippen molar-refractivity contribution in [2.45, 2.75) is 25.9 Å². The summed E-state index contributed by atoms with van der Waals surface area (Å²) in [6.45, 7) is 2.17. The van der Waals surface area contributed by atoms with Gasteiger partial charge in [0.15, 0.2) is 11.9 Å². The fraction of sp³-hybridized carbons (Fsp3) is 0.385. The van der Waals surface area contributed by atoms with Crippen LogP contribution < -0.4 is 15.8 Å². The Morgan fingerprint density at radius 1 is 1.50 bits per heavy atom. The summed E-state index contributed by atoms with van der Waals surface area (Å²) in [6.07, 6.45) is 0.576. The van der Waals surface area contributed by atoms with Crippen LogP contribution in [-0.2, 0) is 4.79 Å². The van der Waals surface area contributed by atoms with Crippen molar-refractivity contribution in [2.24, 2.45) is 5.73 Å². The number of carbonyl (C=O) groups is 2. The molecule has 0 saturated carbocycles. The van der Waals surface area contributed by atoms with Crippen molar-refractivity contribution in [3.63, 3.8) is 0 Å². The predicted molar refractivity (Wildman–Crippen MR) is 67.8 cm³/mol. The van der Waals surface area contributed by atoms with E-state index in [1.165, 1.54) is 0 Å². The molecule has 0 spiro atoms. The molecule has 1 amide bonds. The Kier molecular flexibility index (Phi) is 3.62. The summed E-state index contributed by atoms with van der Waals surface area (Å²) in [5, 5.41) is 2.72. The maximum absolute atomic E-state index is 11.8. The summed E-state index contributed by atoms with van der Waals surface area (Å²) in [5.74, 6) is 0.419. The Bertz CT molecular complexity index is 485. The van der Waals surface area contributed by atoms with E-state index in [0.29, 0.717) is 36.4 Å². The van der Waals surface area contributed by atoms with E-state index in [4.69, 9.17) is 10.5 Å². The van der Waals surface area contributed by atoms with Gasteiger partial charge < -0.3 is 15.8 Å². The third-order valence-electron chi connectivity index (χ3n) is 2.84. The van der Waals surface area contributed by atoms with Gasteiger partial charge in [0.05, 0.1) is 5.69 Å². The lowest BCUT2D eigenvalue weighted by Crippen LogP contribution is -2.34. The Hall–Kier alpha value is -1.88. The second-order valence-corrected chi connectivity index (χ2v) is 4.28. The predicted octanol–water partition coefficient (Wildman–Crippen LogP) is 1.33. The standard InChI is InChI=1S/C13H16N2O3/c1-8-13(17)15-10-7-9(4-5-12(10)18-8)11(16)3-2-6-14/h4-5,7-8H,2-3,6,14H2,1H3,(H,15,17). The van der Waals surface area contributed by atoms with E-state index >= 15 is 0 Å². The topological polar surface area (TPSA) is 81.4 Å². The molecule has 0 bridgehead atoms. The quantitative estimate of drug-likeness (QED) is 0.787. The molecule has 0 aromatic heterocycles. The van der Waals surface area contributed by atoms with Gasteiger partial charge in [-0.05, 0) is 38.1 Å². The zero-order valence-electron chi connectivity index (χ0n) is 10.2. The van der Waals surface area contributed by atoms with Crippen molar-refractivity contribution in [3.8, 4) is 5.75 Å². The molecular weight excluding hydrogens is 232 g/mol. The molecule has 18 heavy (non-hydrogen) atoms. The highest BCUT2D eigenvalue weighted by Gasteiger charge is 2.24. The van der Waals surface area contributed by atoms with Crippen LogP contribution in [0, 0.1) is 0 Å². The van der Waals surface area contributed by atoms with E-state index < -0.39 is 6.10 Å². The molecule has 0 radical (unpaired) electrons. The van der Waals surface area contributed by atoms with Gasteiger partial charge in [-0.3, -0.25) is 9.59 Å². The molecule has 5 heteroatoms. The van der Waals surface area contributed by atoms with Gasteiger partial charge in [0.25, 0.3) is 5.91 Å². The summed E-state index contributed by atoms with van der Waals surface area (Å²) in [6, 6.07) is 5.07. The van der Waals surface area contributed by atoms with Crippen LogP contribution in [0.15, 0.2) is 18.2 Å². The molecule has 5 nitrogen and oxygen atoms in total. The molecule has 96 valence electrons. The summed E-state index contributed by atoms with van der Waals surface area (Å²) >= 11 is 0. The maximum atomic E-state index is 11.8. The average Bonchev–Trinajstić information content (AvgIpc) is 2.36. The van der Waals surface area contributed by atoms with Gasteiger partial charge in [0.2, 0.25) is 0 Å². The normalized spacial score (nSPS) is 17.7. The first kappa shape index (κ1) is 12.6. The fourth-order valence-corrected chi connectivity index (χ4v) is 1.79. The minimum atomic E-state index is -0.503. The second-order valence-electron chi connectivity index (χ2n) is 4.28. The van der Waals surface area contributed by atoms with Crippen molar-refractivity contribution in [1.82, 2.24) is 0 Å². The lowest BCUT2D eigenvalue weighted by atomic mass is 10.0. The first-order chi connectivity index (χ1) is 8.61. The molecular formula is C13H16N2O3. The van der Waals surface area contributed by atoms with E-state index in [1.807, 2.05) is 0 Å². The molecule has 1 aliphatic rings. The summed E-state index contributed by atoms with van der Waals surface area (Å²) in [4.78, 5) is 23.3. The molecule has 0 saturated heterocycles. The minimum Gasteiger partial charge on any atom is -0.479 e. The molecule has 2 rings (SSSR count). The highest BCUT2D eigenvalue weighted by molar-refractivity contribution is 6.01. The zero-order valence-corrected chi connectivity index (χ0v) is 10.2. The number of anilines is 1. The van der Waals surface area contributed by atoms with Crippen LogP contribution in [-0.4, -0.2) is 24.3 Å². The maximum Gasteiger partial charge on any atom is 0.265 e.